The van der Waals surface area contributed by atoms with Crippen molar-refractivity contribution in [1.82, 2.24) is 10.2 Å². The lowest BCUT2D eigenvalue weighted by molar-refractivity contribution is 0.0687. The van der Waals surface area contributed by atoms with Gasteiger partial charge in [-0.3, -0.25) is 4.79 Å². The normalized spacial score (nSPS) is 18.5. The van der Waals surface area contributed by atoms with Crippen LogP contribution < -0.4 is 5.32 Å². The molecule has 0 radical (unpaired) electrons. The minimum Gasteiger partial charge on any atom is -0.508 e. The van der Waals surface area contributed by atoms with Gasteiger partial charge in [0.1, 0.15) is 11.6 Å². The van der Waals surface area contributed by atoms with Crippen LogP contribution in [0.25, 0.3) is 0 Å². The zero-order valence-electron chi connectivity index (χ0n) is 11.0. The van der Waals surface area contributed by atoms with Gasteiger partial charge in [0, 0.05) is 25.2 Å². The van der Waals surface area contributed by atoms with Crippen LogP contribution >= 0.6 is 0 Å². The smallest absolute Gasteiger partial charge is 0.257 e. The molecule has 2 N–H and O–H groups in total. The van der Waals surface area contributed by atoms with E-state index in [1.54, 1.807) is 4.90 Å². The summed E-state index contributed by atoms with van der Waals surface area (Å²) in [5.74, 6) is -1.14. The van der Waals surface area contributed by atoms with Crippen LogP contribution in [0.4, 0.5) is 4.39 Å². The minimum atomic E-state index is -0.669. The maximum atomic E-state index is 13.8. The summed E-state index contributed by atoms with van der Waals surface area (Å²) in [5.41, 5.74) is 0.0261. The van der Waals surface area contributed by atoms with Crippen LogP contribution in [0, 0.1) is 5.82 Å². The highest BCUT2D eigenvalue weighted by molar-refractivity contribution is 5.94. The number of hydrogen-bond donors (Lipinski definition) is 2. The van der Waals surface area contributed by atoms with E-state index in [1.807, 2.05) is 6.92 Å². The average Bonchev–Trinajstić information content (AvgIpc) is 2.89. The molecule has 0 bridgehead atoms. The van der Waals surface area contributed by atoms with E-state index in [-0.39, 0.29) is 23.3 Å². The standard InChI is InChI=1S/C14H19FN2O2/c1-2-7-17(10-5-6-16-9-10)14(19)12-4-3-11(18)8-13(12)15/h3-4,8,10,16,18H,2,5-7,9H2,1H3. The Morgan fingerprint density at radius 3 is 2.95 bits per heavy atom. The number of aromatic hydroxyl groups is 1. The Bertz CT molecular complexity index is 459. The highest BCUT2D eigenvalue weighted by Gasteiger charge is 2.28. The number of nitrogens with one attached hydrogen (secondary N) is 1. The Morgan fingerprint density at radius 2 is 2.37 bits per heavy atom. The number of benzene rings is 1. The second-order valence-electron chi connectivity index (χ2n) is 4.81. The molecule has 0 spiro atoms. The molecule has 4 nitrogen and oxygen atoms in total. The molecular weight excluding hydrogens is 247 g/mol. The van der Waals surface area contributed by atoms with Gasteiger partial charge in [-0.25, -0.2) is 4.39 Å². The van der Waals surface area contributed by atoms with Crippen molar-refractivity contribution < 1.29 is 14.3 Å². The summed E-state index contributed by atoms with van der Waals surface area (Å²) in [6.45, 7) is 4.25. The second kappa shape index (κ2) is 6.02. The molecule has 1 fully saturated rings. The monoisotopic (exact) mass is 266 g/mol. The van der Waals surface area contributed by atoms with Crippen molar-refractivity contribution in [3.63, 3.8) is 0 Å². The molecule has 1 aliphatic rings. The van der Waals surface area contributed by atoms with Gasteiger partial charge in [-0.05, 0) is 31.5 Å². The molecular formula is C14H19FN2O2. The maximum Gasteiger partial charge on any atom is 0.257 e. The predicted octanol–water partition coefficient (Wildman–Crippen LogP) is 1.75. The third kappa shape index (κ3) is 3.04. The van der Waals surface area contributed by atoms with E-state index in [9.17, 15) is 14.3 Å². The summed E-state index contributed by atoms with van der Waals surface area (Å²) in [4.78, 5) is 14.2. The summed E-state index contributed by atoms with van der Waals surface area (Å²) >= 11 is 0. The molecule has 1 amide bonds. The molecule has 0 aliphatic carbocycles. The number of carbonyl (C=O) groups is 1. The van der Waals surface area contributed by atoms with Crippen molar-refractivity contribution in [2.45, 2.75) is 25.8 Å². The second-order valence-corrected chi connectivity index (χ2v) is 4.81. The molecule has 5 heteroatoms. The summed E-state index contributed by atoms with van der Waals surface area (Å²) in [6, 6.07) is 3.79. The van der Waals surface area contributed by atoms with E-state index >= 15 is 0 Å². The number of nitrogens with zero attached hydrogens (tertiary/aromatic N) is 1. The van der Waals surface area contributed by atoms with E-state index in [0.717, 1.165) is 32.0 Å². The third-order valence-corrected chi connectivity index (χ3v) is 3.38. The number of carbonyl (C=O) groups excluding carboxylic acids is 1. The van der Waals surface area contributed by atoms with Crippen molar-refractivity contribution in [2.24, 2.45) is 0 Å². The highest BCUT2D eigenvalue weighted by Crippen LogP contribution is 2.19. The lowest BCUT2D eigenvalue weighted by Crippen LogP contribution is -2.42. The van der Waals surface area contributed by atoms with E-state index < -0.39 is 5.82 Å². The van der Waals surface area contributed by atoms with Crippen molar-refractivity contribution in [1.29, 1.82) is 0 Å². The van der Waals surface area contributed by atoms with Gasteiger partial charge in [0.2, 0.25) is 0 Å². The molecule has 1 aliphatic heterocycles. The molecule has 1 atom stereocenters. The SMILES string of the molecule is CCCN(C(=O)c1ccc(O)cc1F)C1CCNC1. The Labute approximate surface area is 112 Å². The Hall–Kier alpha value is -1.62. The van der Waals surface area contributed by atoms with Gasteiger partial charge in [-0.1, -0.05) is 6.92 Å². The first-order valence-corrected chi connectivity index (χ1v) is 6.63. The number of halogens is 1. The summed E-state index contributed by atoms with van der Waals surface area (Å²) in [6.07, 6.45) is 1.73. The average molecular weight is 266 g/mol. The molecule has 1 aromatic rings. The summed E-state index contributed by atoms with van der Waals surface area (Å²) < 4.78 is 13.8. The third-order valence-electron chi connectivity index (χ3n) is 3.38. The van der Waals surface area contributed by atoms with Gasteiger partial charge in [0.05, 0.1) is 5.56 Å². The fourth-order valence-corrected chi connectivity index (χ4v) is 2.43. The van der Waals surface area contributed by atoms with Gasteiger partial charge in [-0.15, -0.1) is 0 Å². The molecule has 1 saturated heterocycles. The Kier molecular flexibility index (Phi) is 4.37. The molecule has 0 aromatic heterocycles. The van der Waals surface area contributed by atoms with Gasteiger partial charge >= 0.3 is 0 Å². The molecule has 1 aromatic carbocycles. The molecule has 1 unspecified atom stereocenters. The number of amides is 1. The van der Waals surface area contributed by atoms with E-state index in [4.69, 9.17) is 0 Å². The predicted molar refractivity (Wildman–Crippen MR) is 70.7 cm³/mol. The van der Waals surface area contributed by atoms with Crippen LogP contribution in [0.2, 0.25) is 0 Å². The zero-order valence-corrected chi connectivity index (χ0v) is 11.0. The Morgan fingerprint density at radius 1 is 1.58 bits per heavy atom. The van der Waals surface area contributed by atoms with Crippen LogP contribution in [0.1, 0.15) is 30.1 Å². The van der Waals surface area contributed by atoms with Crippen molar-refractivity contribution in [3.05, 3.63) is 29.6 Å². The fraction of sp³-hybridized carbons (Fsp3) is 0.500. The summed E-state index contributed by atoms with van der Waals surface area (Å²) in [5, 5.41) is 12.4. The number of phenols is 1. The largest absolute Gasteiger partial charge is 0.508 e. The van der Waals surface area contributed by atoms with Crippen molar-refractivity contribution in [3.8, 4) is 5.75 Å². The summed E-state index contributed by atoms with van der Waals surface area (Å²) in [7, 11) is 0. The fourth-order valence-electron chi connectivity index (χ4n) is 2.43. The van der Waals surface area contributed by atoms with Crippen LogP contribution in [0.15, 0.2) is 18.2 Å². The van der Waals surface area contributed by atoms with E-state index in [2.05, 4.69) is 5.32 Å². The van der Waals surface area contributed by atoms with E-state index in [1.165, 1.54) is 12.1 Å². The quantitative estimate of drug-likeness (QED) is 0.873. The number of hydrogen-bond acceptors (Lipinski definition) is 3. The van der Waals surface area contributed by atoms with Gasteiger partial charge < -0.3 is 15.3 Å². The van der Waals surface area contributed by atoms with Crippen molar-refractivity contribution in [2.75, 3.05) is 19.6 Å². The van der Waals surface area contributed by atoms with Crippen LogP contribution in [-0.2, 0) is 0 Å². The molecule has 19 heavy (non-hydrogen) atoms. The van der Waals surface area contributed by atoms with Crippen LogP contribution in [0.5, 0.6) is 5.75 Å². The minimum absolute atomic E-state index is 0.0261. The van der Waals surface area contributed by atoms with Gasteiger partial charge in [0.15, 0.2) is 0 Å². The zero-order chi connectivity index (χ0) is 13.8. The van der Waals surface area contributed by atoms with Gasteiger partial charge in [-0.2, -0.15) is 0 Å². The first kappa shape index (κ1) is 13.8. The van der Waals surface area contributed by atoms with Crippen LogP contribution in [0.3, 0.4) is 0 Å². The topological polar surface area (TPSA) is 52.6 Å². The first-order chi connectivity index (χ1) is 9.13. The van der Waals surface area contributed by atoms with Crippen molar-refractivity contribution >= 4 is 5.91 Å². The maximum absolute atomic E-state index is 13.8. The lowest BCUT2D eigenvalue weighted by Gasteiger charge is -2.28. The van der Waals surface area contributed by atoms with Gasteiger partial charge in [0.25, 0.3) is 5.91 Å². The number of rotatable bonds is 4. The molecule has 2 rings (SSSR count). The lowest BCUT2D eigenvalue weighted by atomic mass is 10.1. The first-order valence-electron chi connectivity index (χ1n) is 6.63. The molecule has 104 valence electrons. The number of phenolic OH excluding ortho intramolecular Hbond substituents is 1. The molecule has 0 saturated carbocycles. The molecule has 1 heterocycles. The van der Waals surface area contributed by atoms with Crippen LogP contribution in [-0.4, -0.2) is 41.6 Å². The highest BCUT2D eigenvalue weighted by atomic mass is 19.1. The Balaban J connectivity index is 2.22. The van der Waals surface area contributed by atoms with E-state index in [0.29, 0.717) is 6.54 Å².